The van der Waals surface area contributed by atoms with Gasteiger partial charge in [0.05, 0.1) is 0 Å². The molecule has 0 aromatic rings. The lowest BCUT2D eigenvalue weighted by Gasteiger charge is -2.37. The van der Waals surface area contributed by atoms with Crippen LogP contribution in [0.4, 0.5) is 0 Å². The van der Waals surface area contributed by atoms with E-state index in [2.05, 4.69) is 16.5 Å². The first-order chi connectivity index (χ1) is 8.33. The van der Waals surface area contributed by atoms with Gasteiger partial charge >= 0.3 is 0 Å². The van der Waals surface area contributed by atoms with Crippen LogP contribution in [0.1, 0.15) is 32.1 Å². The van der Waals surface area contributed by atoms with Gasteiger partial charge in [0.2, 0.25) is 0 Å². The van der Waals surface area contributed by atoms with E-state index in [1.54, 1.807) is 0 Å². The van der Waals surface area contributed by atoms with Crippen LogP contribution in [0.5, 0.6) is 0 Å². The first kappa shape index (κ1) is 13.7. The Morgan fingerprint density at radius 1 is 1.41 bits per heavy atom. The van der Waals surface area contributed by atoms with E-state index < -0.39 is 0 Å². The molecule has 2 fully saturated rings. The highest BCUT2D eigenvalue weighted by Crippen LogP contribution is 2.27. The Morgan fingerprint density at radius 3 is 3.06 bits per heavy atom. The molecule has 3 unspecified atom stereocenters. The molecule has 2 heterocycles. The summed E-state index contributed by atoms with van der Waals surface area (Å²) in [6.45, 7) is 2.90. The number of piperidine rings is 1. The Bertz CT molecular complexity index is 221. The average molecular weight is 258 g/mol. The topological polar surface area (TPSA) is 35.5 Å². The van der Waals surface area contributed by atoms with E-state index in [9.17, 15) is 0 Å². The van der Waals surface area contributed by atoms with Crippen molar-refractivity contribution in [3.05, 3.63) is 0 Å². The monoisotopic (exact) mass is 258 g/mol. The summed E-state index contributed by atoms with van der Waals surface area (Å²) in [7, 11) is 0. The molecule has 0 radical (unpaired) electrons. The number of nitrogens with zero attached hydrogens (tertiary/aromatic N) is 1. The van der Waals surface area contributed by atoms with Gasteiger partial charge in [-0.25, -0.2) is 0 Å². The fourth-order valence-electron chi connectivity index (χ4n) is 3.28. The van der Waals surface area contributed by atoms with E-state index >= 15 is 0 Å². The van der Waals surface area contributed by atoms with Gasteiger partial charge in [-0.2, -0.15) is 11.8 Å². The molecule has 2 saturated heterocycles. The molecule has 0 aromatic heterocycles. The highest BCUT2D eigenvalue weighted by molar-refractivity contribution is 7.98. The molecule has 4 heteroatoms. The van der Waals surface area contributed by atoms with Crippen molar-refractivity contribution in [3.8, 4) is 0 Å². The number of hydrogen-bond acceptors (Lipinski definition) is 4. The average Bonchev–Trinajstić information content (AvgIpc) is 2.77. The first-order valence-electron chi connectivity index (χ1n) is 6.93. The van der Waals surface area contributed by atoms with Crippen LogP contribution < -0.4 is 5.32 Å². The van der Waals surface area contributed by atoms with Crippen molar-refractivity contribution in [2.75, 3.05) is 31.7 Å². The largest absolute Gasteiger partial charge is 0.396 e. The maximum absolute atomic E-state index is 9.09. The van der Waals surface area contributed by atoms with Gasteiger partial charge in [-0.1, -0.05) is 0 Å². The van der Waals surface area contributed by atoms with Gasteiger partial charge in [0.1, 0.15) is 0 Å². The zero-order valence-corrected chi connectivity index (χ0v) is 11.7. The zero-order chi connectivity index (χ0) is 12.1. The lowest BCUT2D eigenvalue weighted by atomic mass is 9.96. The minimum atomic E-state index is 0.306. The summed E-state index contributed by atoms with van der Waals surface area (Å²) >= 11 is 1.87. The Labute approximate surface area is 109 Å². The van der Waals surface area contributed by atoms with Crippen molar-refractivity contribution >= 4 is 11.8 Å². The highest BCUT2D eigenvalue weighted by atomic mass is 32.2. The fourth-order valence-corrected chi connectivity index (χ4v) is 3.95. The molecular weight excluding hydrogens is 232 g/mol. The number of aliphatic hydroxyl groups is 1. The summed E-state index contributed by atoms with van der Waals surface area (Å²) in [5.74, 6) is 1.12. The van der Waals surface area contributed by atoms with Crippen LogP contribution in [0.2, 0.25) is 0 Å². The third-order valence-electron chi connectivity index (χ3n) is 4.14. The maximum Gasteiger partial charge on any atom is 0.0446 e. The molecule has 2 rings (SSSR count). The standard InChI is InChI=1S/C13H26N2OS/c1-17-10-12(5-8-16)14-11-4-7-15-6-2-3-13(15)9-11/h11-14,16H,2-10H2,1H3. The zero-order valence-electron chi connectivity index (χ0n) is 10.9. The summed E-state index contributed by atoms with van der Waals surface area (Å²) in [5, 5.41) is 12.8. The Hall–Kier alpha value is 0.230. The van der Waals surface area contributed by atoms with Crippen LogP contribution in [0, 0.1) is 0 Å². The lowest BCUT2D eigenvalue weighted by molar-refractivity contribution is 0.158. The Kier molecular flexibility index (Phi) is 5.60. The molecule has 0 amide bonds. The summed E-state index contributed by atoms with van der Waals surface area (Å²) < 4.78 is 0. The summed E-state index contributed by atoms with van der Waals surface area (Å²) in [5.41, 5.74) is 0. The fraction of sp³-hybridized carbons (Fsp3) is 1.00. The molecule has 0 saturated carbocycles. The van der Waals surface area contributed by atoms with Crippen LogP contribution in [0.3, 0.4) is 0 Å². The molecule has 100 valence electrons. The molecule has 0 aliphatic carbocycles. The number of nitrogens with one attached hydrogen (secondary N) is 1. The second kappa shape index (κ2) is 6.98. The van der Waals surface area contributed by atoms with Crippen molar-refractivity contribution in [2.45, 2.75) is 50.2 Å². The number of rotatable bonds is 6. The molecule has 3 nitrogen and oxygen atoms in total. The van der Waals surface area contributed by atoms with E-state index in [1.165, 1.54) is 38.8 Å². The van der Waals surface area contributed by atoms with Gasteiger partial charge < -0.3 is 15.3 Å². The third-order valence-corrected chi connectivity index (χ3v) is 4.87. The predicted molar refractivity (Wildman–Crippen MR) is 74.6 cm³/mol. The lowest BCUT2D eigenvalue weighted by Crippen LogP contribution is -2.49. The molecular formula is C13H26N2OS. The minimum Gasteiger partial charge on any atom is -0.396 e. The van der Waals surface area contributed by atoms with Crippen LogP contribution in [-0.2, 0) is 0 Å². The molecule has 0 spiro atoms. The van der Waals surface area contributed by atoms with Gasteiger partial charge in [0, 0.05) is 30.5 Å². The van der Waals surface area contributed by atoms with Crippen LogP contribution >= 0.6 is 11.8 Å². The SMILES string of the molecule is CSCC(CCO)NC1CCN2CCCC2C1. The maximum atomic E-state index is 9.09. The Morgan fingerprint density at radius 2 is 2.29 bits per heavy atom. The summed E-state index contributed by atoms with van der Waals surface area (Å²) in [4.78, 5) is 2.66. The van der Waals surface area contributed by atoms with Gasteiger partial charge in [-0.05, 0) is 51.4 Å². The summed E-state index contributed by atoms with van der Waals surface area (Å²) in [6.07, 6.45) is 8.42. The number of aliphatic hydroxyl groups excluding tert-OH is 1. The minimum absolute atomic E-state index is 0.306. The van der Waals surface area contributed by atoms with E-state index in [-0.39, 0.29) is 0 Å². The molecule has 17 heavy (non-hydrogen) atoms. The van der Waals surface area contributed by atoms with E-state index in [0.29, 0.717) is 18.7 Å². The van der Waals surface area contributed by atoms with Crippen LogP contribution in [0.25, 0.3) is 0 Å². The van der Waals surface area contributed by atoms with Crippen LogP contribution in [0.15, 0.2) is 0 Å². The molecule has 3 atom stereocenters. The van der Waals surface area contributed by atoms with Gasteiger partial charge in [0.25, 0.3) is 0 Å². The van der Waals surface area contributed by atoms with E-state index in [1.807, 2.05) is 11.8 Å². The number of thioether (sulfide) groups is 1. The molecule has 2 N–H and O–H groups in total. The van der Waals surface area contributed by atoms with Crippen LogP contribution in [-0.4, -0.2) is 59.8 Å². The van der Waals surface area contributed by atoms with Crippen molar-refractivity contribution in [2.24, 2.45) is 0 Å². The number of hydrogen-bond donors (Lipinski definition) is 2. The predicted octanol–water partition coefficient (Wildman–Crippen LogP) is 1.32. The second-order valence-corrected chi connectivity index (χ2v) is 6.30. The van der Waals surface area contributed by atoms with Gasteiger partial charge in [-0.3, -0.25) is 0 Å². The van der Waals surface area contributed by atoms with E-state index in [4.69, 9.17) is 5.11 Å². The van der Waals surface area contributed by atoms with Crippen molar-refractivity contribution < 1.29 is 5.11 Å². The quantitative estimate of drug-likeness (QED) is 0.753. The molecule has 2 aliphatic heterocycles. The second-order valence-electron chi connectivity index (χ2n) is 5.38. The van der Waals surface area contributed by atoms with Crippen molar-refractivity contribution in [3.63, 3.8) is 0 Å². The number of fused-ring (bicyclic) bond motifs is 1. The molecule has 0 bridgehead atoms. The van der Waals surface area contributed by atoms with Gasteiger partial charge in [0.15, 0.2) is 0 Å². The normalized spacial score (nSPS) is 31.4. The molecule has 2 aliphatic rings. The first-order valence-corrected chi connectivity index (χ1v) is 8.32. The summed E-state index contributed by atoms with van der Waals surface area (Å²) in [6, 6.07) is 2.01. The van der Waals surface area contributed by atoms with Crippen molar-refractivity contribution in [1.82, 2.24) is 10.2 Å². The smallest absolute Gasteiger partial charge is 0.0446 e. The Balaban J connectivity index is 1.77. The highest BCUT2D eigenvalue weighted by Gasteiger charge is 2.32. The van der Waals surface area contributed by atoms with E-state index in [0.717, 1.165) is 18.2 Å². The van der Waals surface area contributed by atoms with Gasteiger partial charge in [-0.15, -0.1) is 0 Å². The third kappa shape index (κ3) is 3.85. The molecule has 0 aromatic carbocycles. The van der Waals surface area contributed by atoms with Crippen molar-refractivity contribution in [1.29, 1.82) is 0 Å².